The molecule has 1 atom stereocenters. The molecule has 2 aliphatic rings. The van der Waals surface area contributed by atoms with Crippen molar-refractivity contribution in [2.24, 2.45) is 0 Å². The Morgan fingerprint density at radius 3 is 2.76 bits per heavy atom. The highest BCUT2D eigenvalue weighted by molar-refractivity contribution is 7.89. The summed E-state index contributed by atoms with van der Waals surface area (Å²) in [5.41, 5.74) is 0.299. The molecule has 2 aliphatic heterocycles. The van der Waals surface area contributed by atoms with Crippen LogP contribution in [0.25, 0.3) is 0 Å². The summed E-state index contributed by atoms with van der Waals surface area (Å²) in [5, 5.41) is 2.61. The molecule has 2 heterocycles. The van der Waals surface area contributed by atoms with Crippen molar-refractivity contribution in [3.05, 3.63) is 18.2 Å². The quantitative estimate of drug-likeness (QED) is 0.815. The zero-order valence-corrected chi connectivity index (χ0v) is 14.8. The van der Waals surface area contributed by atoms with Gasteiger partial charge in [-0.05, 0) is 44.4 Å². The van der Waals surface area contributed by atoms with Crippen LogP contribution in [0.5, 0.6) is 5.75 Å². The molecule has 1 aromatic carbocycles. The van der Waals surface area contributed by atoms with Gasteiger partial charge in [0.05, 0.1) is 17.1 Å². The second-order valence-electron chi connectivity index (χ2n) is 6.17. The van der Waals surface area contributed by atoms with Crippen molar-refractivity contribution in [2.45, 2.75) is 37.2 Å². The summed E-state index contributed by atoms with van der Waals surface area (Å²) >= 11 is 0. The number of amides is 2. The third-order valence-corrected chi connectivity index (χ3v) is 5.71. The average molecular weight is 367 g/mol. The SMILES string of the molecule is CC1Oc2ccc(S(=O)(=O)NCC(=O)N3CCCCC3)cc2NC1=O. The first-order valence-corrected chi connectivity index (χ1v) is 9.74. The van der Waals surface area contributed by atoms with Gasteiger partial charge >= 0.3 is 0 Å². The number of nitrogens with one attached hydrogen (secondary N) is 2. The van der Waals surface area contributed by atoms with E-state index in [0.29, 0.717) is 24.5 Å². The lowest BCUT2D eigenvalue weighted by Crippen LogP contribution is -2.42. The second kappa shape index (κ2) is 7.01. The summed E-state index contributed by atoms with van der Waals surface area (Å²) in [4.78, 5) is 25.4. The van der Waals surface area contributed by atoms with Crippen LogP contribution in [0.3, 0.4) is 0 Å². The normalized spacial score (nSPS) is 20.4. The number of anilines is 1. The lowest BCUT2D eigenvalue weighted by atomic mass is 10.1. The molecule has 8 nitrogen and oxygen atoms in total. The molecule has 1 saturated heterocycles. The summed E-state index contributed by atoms with van der Waals surface area (Å²) in [6.45, 7) is 2.66. The Kier molecular flexibility index (Phi) is 4.96. The maximum absolute atomic E-state index is 12.4. The first-order chi connectivity index (χ1) is 11.9. The lowest BCUT2D eigenvalue weighted by Gasteiger charge is -2.26. The van der Waals surface area contributed by atoms with E-state index in [9.17, 15) is 18.0 Å². The summed E-state index contributed by atoms with van der Waals surface area (Å²) in [5.74, 6) is -0.155. The number of benzene rings is 1. The molecule has 1 fully saturated rings. The first kappa shape index (κ1) is 17.7. The van der Waals surface area contributed by atoms with Crippen molar-refractivity contribution in [1.29, 1.82) is 0 Å². The van der Waals surface area contributed by atoms with E-state index in [2.05, 4.69) is 10.0 Å². The van der Waals surface area contributed by atoms with Gasteiger partial charge in [0.15, 0.2) is 6.10 Å². The van der Waals surface area contributed by atoms with Gasteiger partial charge in [0.2, 0.25) is 15.9 Å². The van der Waals surface area contributed by atoms with Crippen molar-refractivity contribution in [1.82, 2.24) is 9.62 Å². The van der Waals surface area contributed by atoms with E-state index in [4.69, 9.17) is 4.74 Å². The fraction of sp³-hybridized carbons (Fsp3) is 0.500. The van der Waals surface area contributed by atoms with Crippen LogP contribution >= 0.6 is 0 Å². The Morgan fingerprint density at radius 1 is 1.32 bits per heavy atom. The molecule has 25 heavy (non-hydrogen) atoms. The first-order valence-electron chi connectivity index (χ1n) is 8.26. The van der Waals surface area contributed by atoms with Crippen molar-refractivity contribution in [3.8, 4) is 5.75 Å². The number of hydrogen-bond acceptors (Lipinski definition) is 5. The van der Waals surface area contributed by atoms with Crippen LogP contribution in [0.15, 0.2) is 23.1 Å². The number of sulfonamides is 1. The highest BCUT2D eigenvalue weighted by Crippen LogP contribution is 2.31. The zero-order chi connectivity index (χ0) is 18.0. The lowest BCUT2D eigenvalue weighted by molar-refractivity contribution is -0.130. The van der Waals surface area contributed by atoms with Crippen molar-refractivity contribution in [3.63, 3.8) is 0 Å². The van der Waals surface area contributed by atoms with Gasteiger partial charge in [0.25, 0.3) is 5.91 Å². The van der Waals surface area contributed by atoms with E-state index in [1.807, 2.05) is 0 Å². The Morgan fingerprint density at radius 2 is 2.04 bits per heavy atom. The molecule has 0 saturated carbocycles. The molecule has 2 amide bonds. The molecule has 3 rings (SSSR count). The number of hydrogen-bond donors (Lipinski definition) is 2. The van der Waals surface area contributed by atoms with Crippen LogP contribution in [-0.4, -0.2) is 50.9 Å². The Bertz CT molecular complexity index is 787. The summed E-state index contributed by atoms with van der Waals surface area (Å²) in [7, 11) is -3.86. The number of fused-ring (bicyclic) bond motifs is 1. The fourth-order valence-electron chi connectivity index (χ4n) is 2.85. The maximum atomic E-state index is 12.4. The molecule has 1 unspecified atom stereocenters. The third kappa shape index (κ3) is 3.93. The van der Waals surface area contributed by atoms with Crippen molar-refractivity contribution >= 4 is 27.5 Å². The highest BCUT2D eigenvalue weighted by Gasteiger charge is 2.26. The molecule has 0 spiro atoms. The number of carbonyl (C=O) groups is 2. The summed E-state index contributed by atoms with van der Waals surface area (Å²) < 4.78 is 32.6. The standard InChI is InChI=1S/C16H21N3O5S/c1-11-16(21)18-13-9-12(5-6-14(13)24-11)25(22,23)17-10-15(20)19-7-3-2-4-8-19/h5-6,9,11,17H,2-4,7-8,10H2,1H3,(H,18,21). The topological polar surface area (TPSA) is 105 Å². The number of rotatable bonds is 4. The summed E-state index contributed by atoms with van der Waals surface area (Å²) in [6.07, 6.45) is 2.36. The van der Waals surface area contributed by atoms with Crippen LogP contribution in [0, 0.1) is 0 Å². The van der Waals surface area contributed by atoms with Gasteiger partial charge in [0, 0.05) is 13.1 Å². The molecular formula is C16H21N3O5S. The maximum Gasteiger partial charge on any atom is 0.265 e. The van der Waals surface area contributed by atoms with Gasteiger partial charge in [-0.2, -0.15) is 0 Å². The van der Waals surface area contributed by atoms with E-state index in [1.54, 1.807) is 11.8 Å². The predicted molar refractivity (Wildman–Crippen MR) is 90.8 cm³/mol. The number of carbonyl (C=O) groups excluding carboxylic acids is 2. The van der Waals surface area contributed by atoms with Crippen LogP contribution in [-0.2, 0) is 19.6 Å². The molecule has 0 aromatic heterocycles. The highest BCUT2D eigenvalue weighted by atomic mass is 32.2. The van der Waals surface area contributed by atoms with Crippen LogP contribution < -0.4 is 14.8 Å². The largest absolute Gasteiger partial charge is 0.479 e. The summed E-state index contributed by atoms with van der Waals surface area (Å²) in [6, 6.07) is 4.20. The minimum Gasteiger partial charge on any atom is -0.479 e. The molecular weight excluding hydrogens is 346 g/mol. The predicted octanol–water partition coefficient (Wildman–Crippen LogP) is 0.697. The number of nitrogens with zero attached hydrogens (tertiary/aromatic N) is 1. The Labute approximate surface area is 146 Å². The molecule has 136 valence electrons. The molecule has 2 N–H and O–H groups in total. The molecule has 0 radical (unpaired) electrons. The van der Waals surface area contributed by atoms with Crippen LogP contribution in [0.1, 0.15) is 26.2 Å². The van der Waals surface area contributed by atoms with E-state index < -0.39 is 16.1 Å². The monoisotopic (exact) mass is 367 g/mol. The van der Waals surface area contributed by atoms with Gasteiger partial charge in [-0.3, -0.25) is 9.59 Å². The minimum atomic E-state index is -3.86. The van der Waals surface area contributed by atoms with E-state index >= 15 is 0 Å². The zero-order valence-electron chi connectivity index (χ0n) is 13.9. The average Bonchev–Trinajstić information content (AvgIpc) is 2.61. The molecule has 0 bridgehead atoms. The Hall–Kier alpha value is -2.13. The van der Waals surface area contributed by atoms with Gasteiger partial charge in [-0.25, -0.2) is 13.1 Å². The third-order valence-electron chi connectivity index (χ3n) is 4.31. The van der Waals surface area contributed by atoms with Crippen molar-refractivity contribution in [2.75, 3.05) is 25.0 Å². The minimum absolute atomic E-state index is 0.0313. The van der Waals surface area contributed by atoms with E-state index in [-0.39, 0.29) is 23.3 Å². The van der Waals surface area contributed by atoms with Gasteiger partial charge < -0.3 is 15.0 Å². The molecule has 1 aromatic rings. The van der Waals surface area contributed by atoms with Gasteiger partial charge in [0.1, 0.15) is 5.75 Å². The van der Waals surface area contributed by atoms with E-state index in [0.717, 1.165) is 19.3 Å². The molecule has 9 heteroatoms. The van der Waals surface area contributed by atoms with Crippen molar-refractivity contribution < 1.29 is 22.7 Å². The van der Waals surface area contributed by atoms with Crippen LogP contribution in [0.4, 0.5) is 5.69 Å². The number of piperidine rings is 1. The smallest absolute Gasteiger partial charge is 0.265 e. The van der Waals surface area contributed by atoms with Gasteiger partial charge in [-0.1, -0.05) is 0 Å². The number of ether oxygens (including phenoxy) is 1. The fourth-order valence-corrected chi connectivity index (χ4v) is 3.85. The van der Waals surface area contributed by atoms with E-state index in [1.165, 1.54) is 18.2 Å². The second-order valence-corrected chi connectivity index (χ2v) is 7.94. The Balaban J connectivity index is 1.69. The molecule has 0 aliphatic carbocycles. The van der Waals surface area contributed by atoms with Crippen LogP contribution in [0.2, 0.25) is 0 Å². The number of likely N-dealkylation sites (tertiary alicyclic amines) is 1. The van der Waals surface area contributed by atoms with Gasteiger partial charge in [-0.15, -0.1) is 0 Å².